The van der Waals surface area contributed by atoms with Gasteiger partial charge in [0.2, 0.25) is 0 Å². The Morgan fingerprint density at radius 1 is 1.35 bits per heavy atom. The maximum absolute atomic E-state index is 5.58. The molecule has 1 aromatic rings. The average molecular weight is 273 g/mol. The van der Waals surface area contributed by atoms with Gasteiger partial charge in [0.25, 0.3) is 0 Å². The van der Waals surface area contributed by atoms with Crippen LogP contribution in [0.25, 0.3) is 0 Å². The van der Waals surface area contributed by atoms with Crippen molar-refractivity contribution in [1.29, 1.82) is 0 Å². The standard InChI is InChI=1S/C18H27NO/c1-13-3-6-15(11-13)17(19-2)7-4-14-5-8-18-16(12-14)9-10-20-18/h5,8,12-13,15,17,19H,3-4,6-7,9-11H2,1-2H3. The van der Waals surface area contributed by atoms with Crippen LogP contribution in [0.5, 0.6) is 5.75 Å². The molecule has 2 heteroatoms. The highest BCUT2D eigenvalue weighted by atomic mass is 16.5. The van der Waals surface area contributed by atoms with Crippen molar-refractivity contribution in [2.75, 3.05) is 13.7 Å². The van der Waals surface area contributed by atoms with E-state index in [1.54, 1.807) is 0 Å². The Balaban J connectivity index is 1.57. The highest BCUT2D eigenvalue weighted by molar-refractivity contribution is 5.39. The van der Waals surface area contributed by atoms with Crippen LogP contribution in [0, 0.1) is 11.8 Å². The lowest BCUT2D eigenvalue weighted by Gasteiger charge is -2.23. The molecule has 20 heavy (non-hydrogen) atoms. The van der Waals surface area contributed by atoms with Gasteiger partial charge < -0.3 is 10.1 Å². The molecule has 1 saturated carbocycles. The Kier molecular flexibility index (Phi) is 4.30. The minimum atomic E-state index is 0.685. The van der Waals surface area contributed by atoms with E-state index in [2.05, 4.69) is 37.5 Å². The lowest BCUT2D eigenvalue weighted by molar-refractivity contribution is 0.351. The Morgan fingerprint density at radius 2 is 2.25 bits per heavy atom. The molecule has 3 rings (SSSR count). The van der Waals surface area contributed by atoms with E-state index >= 15 is 0 Å². The van der Waals surface area contributed by atoms with Crippen molar-refractivity contribution in [3.63, 3.8) is 0 Å². The topological polar surface area (TPSA) is 21.3 Å². The van der Waals surface area contributed by atoms with E-state index in [0.717, 1.165) is 30.6 Å². The molecule has 2 nitrogen and oxygen atoms in total. The smallest absolute Gasteiger partial charge is 0.122 e. The van der Waals surface area contributed by atoms with Gasteiger partial charge in [-0.1, -0.05) is 25.5 Å². The fourth-order valence-corrected chi connectivity index (χ4v) is 3.95. The van der Waals surface area contributed by atoms with Crippen LogP contribution in [-0.4, -0.2) is 19.7 Å². The summed E-state index contributed by atoms with van der Waals surface area (Å²) in [6.07, 6.45) is 7.75. The van der Waals surface area contributed by atoms with E-state index in [1.807, 2.05) is 0 Å². The quantitative estimate of drug-likeness (QED) is 0.885. The summed E-state index contributed by atoms with van der Waals surface area (Å²) in [4.78, 5) is 0. The molecular formula is C18H27NO. The van der Waals surface area contributed by atoms with Gasteiger partial charge in [-0.2, -0.15) is 0 Å². The van der Waals surface area contributed by atoms with Gasteiger partial charge in [-0.25, -0.2) is 0 Å². The van der Waals surface area contributed by atoms with Crippen LogP contribution in [-0.2, 0) is 12.8 Å². The molecule has 0 saturated heterocycles. The third-order valence-corrected chi connectivity index (χ3v) is 5.17. The van der Waals surface area contributed by atoms with Crippen LogP contribution >= 0.6 is 0 Å². The predicted octanol–water partition coefficient (Wildman–Crippen LogP) is 3.58. The Morgan fingerprint density at radius 3 is 3.00 bits per heavy atom. The number of rotatable bonds is 5. The zero-order chi connectivity index (χ0) is 13.9. The lowest BCUT2D eigenvalue weighted by atomic mass is 9.91. The second-order valence-electron chi connectivity index (χ2n) is 6.65. The zero-order valence-corrected chi connectivity index (χ0v) is 12.8. The van der Waals surface area contributed by atoms with E-state index < -0.39 is 0 Å². The molecule has 0 spiro atoms. The van der Waals surface area contributed by atoms with Crippen molar-refractivity contribution in [2.45, 2.75) is 51.5 Å². The summed E-state index contributed by atoms with van der Waals surface area (Å²) in [5, 5.41) is 3.56. The van der Waals surface area contributed by atoms with Gasteiger partial charge in [-0.05, 0) is 61.8 Å². The number of ether oxygens (including phenoxy) is 1. The van der Waals surface area contributed by atoms with E-state index in [1.165, 1.54) is 43.2 Å². The number of hydrogen-bond donors (Lipinski definition) is 1. The third kappa shape index (κ3) is 3.01. The van der Waals surface area contributed by atoms with E-state index in [0.29, 0.717) is 6.04 Å². The monoisotopic (exact) mass is 273 g/mol. The van der Waals surface area contributed by atoms with Gasteiger partial charge in [-0.3, -0.25) is 0 Å². The fraction of sp³-hybridized carbons (Fsp3) is 0.667. The Labute approximate surface area is 122 Å². The van der Waals surface area contributed by atoms with Crippen molar-refractivity contribution in [3.05, 3.63) is 29.3 Å². The van der Waals surface area contributed by atoms with Crippen LogP contribution < -0.4 is 10.1 Å². The molecule has 110 valence electrons. The first-order valence-electron chi connectivity index (χ1n) is 8.18. The minimum Gasteiger partial charge on any atom is -0.493 e. The molecular weight excluding hydrogens is 246 g/mol. The average Bonchev–Trinajstić information content (AvgIpc) is 3.08. The Hall–Kier alpha value is -1.02. The number of benzene rings is 1. The summed E-state index contributed by atoms with van der Waals surface area (Å²) in [7, 11) is 2.13. The van der Waals surface area contributed by atoms with E-state index in [-0.39, 0.29) is 0 Å². The molecule has 2 aliphatic rings. The third-order valence-electron chi connectivity index (χ3n) is 5.17. The van der Waals surface area contributed by atoms with Crippen LogP contribution in [0.4, 0.5) is 0 Å². The van der Waals surface area contributed by atoms with E-state index in [4.69, 9.17) is 4.74 Å². The normalized spacial score (nSPS) is 26.3. The summed E-state index contributed by atoms with van der Waals surface area (Å²) < 4.78 is 5.58. The first-order valence-corrected chi connectivity index (χ1v) is 8.18. The van der Waals surface area contributed by atoms with Crippen LogP contribution in [0.3, 0.4) is 0 Å². The van der Waals surface area contributed by atoms with Gasteiger partial charge in [0, 0.05) is 12.5 Å². The van der Waals surface area contributed by atoms with Crippen LogP contribution in [0.1, 0.15) is 43.7 Å². The molecule has 1 aromatic carbocycles. The largest absolute Gasteiger partial charge is 0.493 e. The number of hydrogen-bond acceptors (Lipinski definition) is 2. The molecule has 1 fully saturated rings. The van der Waals surface area contributed by atoms with Gasteiger partial charge in [0.1, 0.15) is 5.75 Å². The minimum absolute atomic E-state index is 0.685. The summed E-state index contributed by atoms with van der Waals surface area (Å²) in [6, 6.07) is 7.44. The molecule has 3 unspecified atom stereocenters. The fourth-order valence-electron chi connectivity index (χ4n) is 3.95. The maximum atomic E-state index is 5.58. The Bertz CT molecular complexity index is 457. The van der Waals surface area contributed by atoms with Crippen molar-refractivity contribution >= 4 is 0 Å². The maximum Gasteiger partial charge on any atom is 0.122 e. The van der Waals surface area contributed by atoms with Gasteiger partial charge >= 0.3 is 0 Å². The lowest BCUT2D eigenvalue weighted by Crippen LogP contribution is -2.32. The molecule has 1 heterocycles. The first kappa shape index (κ1) is 13.9. The summed E-state index contributed by atoms with van der Waals surface area (Å²) in [6.45, 7) is 3.26. The molecule has 0 radical (unpaired) electrons. The van der Waals surface area contributed by atoms with Crippen molar-refractivity contribution in [2.24, 2.45) is 11.8 Å². The molecule has 0 amide bonds. The molecule has 1 N–H and O–H groups in total. The second kappa shape index (κ2) is 6.17. The molecule has 1 aliphatic carbocycles. The number of nitrogens with one attached hydrogen (secondary N) is 1. The second-order valence-corrected chi connectivity index (χ2v) is 6.65. The molecule has 3 atom stereocenters. The highest BCUT2D eigenvalue weighted by Crippen LogP contribution is 2.34. The highest BCUT2D eigenvalue weighted by Gasteiger charge is 2.27. The van der Waals surface area contributed by atoms with Crippen LogP contribution in [0.15, 0.2) is 18.2 Å². The SMILES string of the molecule is CNC(CCc1ccc2c(c1)CCO2)C1CCC(C)C1. The van der Waals surface area contributed by atoms with Crippen LogP contribution in [0.2, 0.25) is 0 Å². The zero-order valence-electron chi connectivity index (χ0n) is 12.8. The van der Waals surface area contributed by atoms with Crippen molar-refractivity contribution < 1.29 is 4.74 Å². The number of fused-ring (bicyclic) bond motifs is 1. The molecule has 1 aliphatic heterocycles. The predicted molar refractivity (Wildman–Crippen MR) is 83.3 cm³/mol. The van der Waals surface area contributed by atoms with E-state index in [9.17, 15) is 0 Å². The van der Waals surface area contributed by atoms with Crippen molar-refractivity contribution in [3.8, 4) is 5.75 Å². The summed E-state index contributed by atoms with van der Waals surface area (Å²) in [5.74, 6) is 2.91. The molecule has 0 bridgehead atoms. The van der Waals surface area contributed by atoms with Gasteiger partial charge in [0.05, 0.1) is 6.61 Å². The van der Waals surface area contributed by atoms with Gasteiger partial charge in [-0.15, -0.1) is 0 Å². The van der Waals surface area contributed by atoms with Gasteiger partial charge in [0.15, 0.2) is 0 Å². The molecule has 0 aromatic heterocycles. The van der Waals surface area contributed by atoms with Crippen molar-refractivity contribution in [1.82, 2.24) is 5.32 Å². The summed E-state index contributed by atoms with van der Waals surface area (Å²) in [5.41, 5.74) is 2.87. The first-order chi connectivity index (χ1) is 9.76. The number of aryl methyl sites for hydroxylation is 1. The summed E-state index contributed by atoms with van der Waals surface area (Å²) >= 11 is 0.